The number of nitrogens with one attached hydrogen (secondary N) is 1. The van der Waals surface area contributed by atoms with Crippen LogP contribution in [0.4, 0.5) is 0 Å². The third-order valence-electron chi connectivity index (χ3n) is 3.09. The molecule has 3 nitrogen and oxygen atoms in total. The van der Waals surface area contributed by atoms with Crippen molar-refractivity contribution in [3.63, 3.8) is 0 Å². The van der Waals surface area contributed by atoms with Gasteiger partial charge in [-0.2, -0.15) is 0 Å². The maximum Gasteiger partial charge on any atom is 0.123 e. The Labute approximate surface area is 136 Å². The predicted octanol–water partition coefficient (Wildman–Crippen LogP) is 3.48. The van der Waals surface area contributed by atoms with E-state index < -0.39 is 10.8 Å². The van der Waals surface area contributed by atoms with E-state index >= 15 is 0 Å². The molecule has 0 aliphatic rings. The zero-order valence-corrected chi connectivity index (χ0v) is 14.5. The van der Waals surface area contributed by atoms with Gasteiger partial charge in [0, 0.05) is 16.6 Å². The molecule has 112 valence electrons. The highest BCUT2D eigenvalue weighted by Crippen LogP contribution is 2.26. The van der Waals surface area contributed by atoms with E-state index in [0.29, 0.717) is 5.75 Å². The first-order chi connectivity index (χ1) is 10.2. The number of benzene rings is 2. The van der Waals surface area contributed by atoms with Crippen molar-refractivity contribution in [2.45, 2.75) is 17.2 Å². The van der Waals surface area contributed by atoms with Crippen LogP contribution in [-0.4, -0.2) is 18.4 Å². The third kappa shape index (κ3) is 4.15. The van der Waals surface area contributed by atoms with Crippen molar-refractivity contribution in [3.05, 3.63) is 58.1 Å². The van der Waals surface area contributed by atoms with E-state index in [1.807, 2.05) is 49.5 Å². The maximum atomic E-state index is 12.6. The summed E-state index contributed by atoms with van der Waals surface area (Å²) in [4.78, 5) is 0.804. The minimum atomic E-state index is -1.12. The summed E-state index contributed by atoms with van der Waals surface area (Å²) in [7, 11) is 2.43. The number of rotatable bonds is 6. The molecule has 0 bridgehead atoms. The average molecular weight is 368 g/mol. The fourth-order valence-corrected chi connectivity index (χ4v) is 4.11. The van der Waals surface area contributed by atoms with Crippen LogP contribution < -0.4 is 10.1 Å². The van der Waals surface area contributed by atoms with Crippen LogP contribution in [-0.2, 0) is 23.1 Å². The van der Waals surface area contributed by atoms with Crippen molar-refractivity contribution in [1.29, 1.82) is 0 Å². The molecule has 2 aromatic rings. The maximum absolute atomic E-state index is 12.6. The first kappa shape index (κ1) is 16.2. The lowest BCUT2D eigenvalue weighted by molar-refractivity contribution is 0.411. The van der Waals surface area contributed by atoms with Crippen LogP contribution in [0.2, 0.25) is 0 Å². The van der Waals surface area contributed by atoms with Gasteiger partial charge < -0.3 is 10.1 Å². The number of hydrogen-bond donors (Lipinski definition) is 1. The summed E-state index contributed by atoms with van der Waals surface area (Å²) in [6, 6.07) is 13.6. The molecule has 1 atom stereocenters. The van der Waals surface area contributed by atoms with Gasteiger partial charge in [-0.05, 0) is 52.8 Å². The van der Waals surface area contributed by atoms with Crippen molar-refractivity contribution < 1.29 is 8.95 Å². The van der Waals surface area contributed by atoms with Gasteiger partial charge in [0.2, 0.25) is 0 Å². The standard InChI is InChI=1S/C16H18BrNO2S/c1-18-10-12-7-8-15(20-2)13(9-12)11-21(19)16-6-4-3-5-14(16)17/h3-9,18H,10-11H2,1-2H3. The molecule has 0 fully saturated rings. The smallest absolute Gasteiger partial charge is 0.123 e. The molecule has 1 N–H and O–H groups in total. The van der Waals surface area contributed by atoms with E-state index in [1.54, 1.807) is 7.11 Å². The van der Waals surface area contributed by atoms with Gasteiger partial charge >= 0.3 is 0 Å². The molecule has 0 spiro atoms. The lowest BCUT2D eigenvalue weighted by Crippen LogP contribution is -2.06. The van der Waals surface area contributed by atoms with Crippen molar-refractivity contribution in [2.24, 2.45) is 0 Å². The minimum Gasteiger partial charge on any atom is -0.496 e. The molecule has 21 heavy (non-hydrogen) atoms. The lowest BCUT2D eigenvalue weighted by atomic mass is 10.1. The van der Waals surface area contributed by atoms with E-state index in [0.717, 1.165) is 32.8 Å². The van der Waals surface area contributed by atoms with E-state index in [4.69, 9.17) is 4.74 Å². The molecule has 0 aromatic heterocycles. The quantitative estimate of drug-likeness (QED) is 0.849. The van der Waals surface area contributed by atoms with Gasteiger partial charge in [-0.3, -0.25) is 4.21 Å². The highest BCUT2D eigenvalue weighted by atomic mass is 79.9. The van der Waals surface area contributed by atoms with E-state index in [1.165, 1.54) is 0 Å². The van der Waals surface area contributed by atoms with Gasteiger partial charge in [0.15, 0.2) is 0 Å². The zero-order valence-electron chi connectivity index (χ0n) is 12.1. The summed E-state index contributed by atoms with van der Waals surface area (Å²) in [6.45, 7) is 0.776. The van der Waals surface area contributed by atoms with Crippen molar-refractivity contribution >= 4 is 26.7 Å². The van der Waals surface area contributed by atoms with Crippen LogP contribution in [0.25, 0.3) is 0 Å². The fourth-order valence-electron chi connectivity index (χ4n) is 2.11. The van der Waals surface area contributed by atoms with E-state index in [9.17, 15) is 4.21 Å². The Morgan fingerprint density at radius 1 is 1.24 bits per heavy atom. The van der Waals surface area contributed by atoms with Crippen LogP contribution in [0.3, 0.4) is 0 Å². The Bertz CT molecular complexity index is 646. The third-order valence-corrected chi connectivity index (χ3v) is 5.47. The molecule has 2 aromatic carbocycles. The van der Waals surface area contributed by atoms with Crippen LogP contribution in [0, 0.1) is 0 Å². The Morgan fingerprint density at radius 3 is 2.67 bits per heavy atom. The summed E-state index contributed by atoms with van der Waals surface area (Å²) in [6.07, 6.45) is 0. The average Bonchev–Trinajstić information content (AvgIpc) is 2.48. The van der Waals surface area contributed by atoms with Gasteiger partial charge in [-0.15, -0.1) is 0 Å². The molecule has 0 heterocycles. The SMILES string of the molecule is CNCc1ccc(OC)c(CS(=O)c2ccccc2Br)c1. The van der Waals surface area contributed by atoms with Crippen LogP contribution in [0.1, 0.15) is 11.1 Å². The number of halogens is 1. The first-order valence-corrected chi connectivity index (χ1v) is 8.70. The summed E-state index contributed by atoms with van der Waals surface area (Å²) >= 11 is 3.45. The Balaban J connectivity index is 2.27. The predicted molar refractivity (Wildman–Crippen MR) is 90.0 cm³/mol. The van der Waals surface area contributed by atoms with Gasteiger partial charge in [0.25, 0.3) is 0 Å². The summed E-state index contributed by atoms with van der Waals surface area (Å²) in [5.41, 5.74) is 2.11. The van der Waals surface area contributed by atoms with E-state index in [-0.39, 0.29) is 0 Å². The highest BCUT2D eigenvalue weighted by molar-refractivity contribution is 9.10. The summed E-state index contributed by atoms with van der Waals surface area (Å²) < 4.78 is 18.8. The molecule has 0 saturated carbocycles. The van der Waals surface area contributed by atoms with E-state index in [2.05, 4.69) is 21.2 Å². The largest absolute Gasteiger partial charge is 0.496 e. The van der Waals surface area contributed by atoms with Crippen molar-refractivity contribution in [1.82, 2.24) is 5.32 Å². The molecular weight excluding hydrogens is 350 g/mol. The second kappa shape index (κ2) is 7.73. The number of ether oxygens (including phenoxy) is 1. The summed E-state index contributed by atoms with van der Waals surface area (Å²) in [5, 5.41) is 3.12. The monoisotopic (exact) mass is 367 g/mol. The van der Waals surface area contributed by atoms with Crippen LogP contribution in [0.15, 0.2) is 51.8 Å². The van der Waals surface area contributed by atoms with Crippen molar-refractivity contribution in [2.75, 3.05) is 14.2 Å². The Kier molecular flexibility index (Phi) is 5.96. The molecule has 5 heteroatoms. The highest BCUT2D eigenvalue weighted by Gasteiger charge is 2.12. The van der Waals surface area contributed by atoms with Gasteiger partial charge in [0.05, 0.1) is 28.6 Å². The lowest BCUT2D eigenvalue weighted by Gasteiger charge is -2.11. The Hall–Kier alpha value is -1.17. The fraction of sp³-hybridized carbons (Fsp3) is 0.250. The number of hydrogen-bond acceptors (Lipinski definition) is 3. The Morgan fingerprint density at radius 2 is 2.00 bits per heavy atom. The molecule has 0 radical (unpaired) electrons. The second-order valence-electron chi connectivity index (χ2n) is 4.60. The second-order valence-corrected chi connectivity index (χ2v) is 6.87. The molecule has 0 amide bonds. The van der Waals surface area contributed by atoms with Gasteiger partial charge in [-0.25, -0.2) is 0 Å². The molecular formula is C16H18BrNO2S. The van der Waals surface area contributed by atoms with Gasteiger partial charge in [-0.1, -0.05) is 18.2 Å². The first-order valence-electron chi connectivity index (χ1n) is 6.59. The van der Waals surface area contributed by atoms with Crippen LogP contribution in [0.5, 0.6) is 5.75 Å². The topological polar surface area (TPSA) is 38.3 Å². The molecule has 2 rings (SSSR count). The van der Waals surface area contributed by atoms with Crippen molar-refractivity contribution in [3.8, 4) is 5.75 Å². The van der Waals surface area contributed by atoms with Gasteiger partial charge in [0.1, 0.15) is 5.75 Å². The van der Waals surface area contributed by atoms with Crippen LogP contribution >= 0.6 is 15.9 Å². The normalized spacial score (nSPS) is 12.1. The zero-order chi connectivity index (χ0) is 15.2. The number of methoxy groups -OCH3 is 1. The molecule has 0 aliphatic carbocycles. The molecule has 0 aliphatic heterocycles. The summed E-state index contributed by atoms with van der Waals surface area (Å²) in [5.74, 6) is 1.21. The minimum absolute atomic E-state index is 0.434. The molecule has 0 saturated heterocycles. The molecule has 1 unspecified atom stereocenters.